The molecular weight excluding hydrogens is 372 g/mol. The van der Waals surface area contributed by atoms with E-state index in [1.807, 2.05) is 48.5 Å². The van der Waals surface area contributed by atoms with Crippen molar-refractivity contribution < 1.29 is 3.63 Å². The third-order valence-electron chi connectivity index (χ3n) is 3.94. The Morgan fingerprint density at radius 1 is 0.519 bits per heavy atom. The largest absolute Gasteiger partial charge is 0.247 e. The first-order chi connectivity index (χ1) is 13.4. The highest BCUT2D eigenvalue weighted by atomic mass is 32.2. The fourth-order valence-corrected chi connectivity index (χ4v) is 4.08. The molecule has 2 aromatic heterocycles. The predicted octanol–water partition coefficient (Wildman–Crippen LogP) is 6.54. The Morgan fingerprint density at radius 3 is 1.41 bits per heavy atom. The monoisotopic (exact) mass is 388 g/mol. The molecule has 0 aliphatic rings. The van der Waals surface area contributed by atoms with Crippen LogP contribution in [0.5, 0.6) is 0 Å². The highest BCUT2D eigenvalue weighted by Crippen LogP contribution is 2.37. The van der Waals surface area contributed by atoms with Gasteiger partial charge in [0.1, 0.15) is 10.1 Å². The smallest absolute Gasteiger partial charge is 0.132 e. The molecule has 0 unspecified atom stereocenters. The Balaban J connectivity index is 1.51. The summed E-state index contributed by atoms with van der Waals surface area (Å²) in [6.45, 7) is 0. The van der Waals surface area contributed by atoms with Gasteiger partial charge in [-0.25, -0.2) is 13.6 Å². The van der Waals surface area contributed by atoms with Gasteiger partial charge in [-0.1, -0.05) is 72.8 Å². The molecule has 2 heterocycles. The number of pyridine rings is 2. The van der Waals surface area contributed by atoms with Crippen LogP contribution in [0, 0.1) is 0 Å². The predicted molar refractivity (Wildman–Crippen MR) is 112 cm³/mol. The molecule has 4 rings (SSSR count). The number of nitrogens with zero attached hydrogens (tertiary/aromatic N) is 2. The van der Waals surface area contributed by atoms with E-state index in [2.05, 4.69) is 46.4 Å². The van der Waals surface area contributed by atoms with E-state index in [4.69, 9.17) is 3.63 Å². The molecule has 2 aromatic carbocycles. The van der Waals surface area contributed by atoms with E-state index in [-0.39, 0.29) is 0 Å². The summed E-state index contributed by atoms with van der Waals surface area (Å²) in [6.07, 6.45) is 3.55. The van der Waals surface area contributed by atoms with Crippen molar-refractivity contribution in [2.75, 3.05) is 0 Å². The van der Waals surface area contributed by atoms with Crippen LogP contribution in [0.15, 0.2) is 107 Å². The molecule has 0 atom stereocenters. The van der Waals surface area contributed by atoms with Gasteiger partial charge in [-0.3, -0.25) is 0 Å². The van der Waals surface area contributed by atoms with Gasteiger partial charge in [0.05, 0.1) is 24.1 Å². The van der Waals surface area contributed by atoms with Crippen LogP contribution in [-0.2, 0) is 3.63 Å². The van der Waals surface area contributed by atoms with E-state index in [9.17, 15) is 0 Å². The topological polar surface area (TPSA) is 35.0 Å². The number of hydrogen-bond donors (Lipinski definition) is 0. The lowest BCUT2D eigenvalue weighted by Gasteiger charge is -2.09. The molecule has 0 fully saturated rings. The maximum Gasteiger partial charge on any atom is 0.132 e. The SMILES string of the molecule is c1ccc(-c2cccnc2SOSc2ncccc2-c2ccccc2)cc1. The van der Waals surface area contributed by atoms with E-state index >= 15 is 0 Å². The minimum atomic E-state index is 0.827. The van der Waals surface area contributed by atoms with Gasteiger partial charge in [-0.05, 0) is 23.3 Å². The summed E-state index contributed by atoms with van der Waals surface area (Å²) < 4.78 is 5.84. The standard InChI is InChI=1S/C22H16N2OS2/c1-3-9-17(10-4-1)19-13-7-15-23-21(19)26-25-27-22-20(14-8-16-24-22)18-11-5-2-6-12-18/h1-16H. The fraction of sp³-hybridized carbons (Fsp3) is 0. The Bertz CT molecular complexity index is 928. The van der Waals surface area contributed by atoms with E-state index in [1.165, 1.54) is 24.1 Å². The highest BCUT2D eigenvalue weighted by Gasteiger charge is 2.11. The van der Waals surface area contributed by atoms with Crippen LogP contribution >= 0.6 is 24.1 Å². The van der Waals surface area contributed by atoms with Crippen molar-refractivity contribution in [3.05, 3.63) is 97.3 Å². The van der Waals surface area contributed by atoms with Crippen molar-refractivity contribution in [2.45, 2.75) is 10.1 Å². The molecule has 0 spiro atoms. The number of benzene rings is 2. The van der Waals surface area contributed by atoms with Crippen molar-refractivity contribution in [1.82, 2.24) is 9.97 Å². The second kappa shape index (κ2) is 8.86. The maximum absolute atomic E-state index is 5.84. The average Bonchev–Trinajstić information content (AvgIpc) is 2.76. The summed E-state index contributed by atoms with van der Waals surface area (Å²) >= 11 is 2.50. The summed E-state index contributed by atoms with van der Waals surface area (Å²) in [5, 5.41) is 1.65. The lowest BCUT2D eigenvalue weighted by atomic mass is 10.1. The van der Waals surface area contributed by atoms with Crippen LogP contribution in [0.4, 0.5) is 0 Å². The summed E-state index contributed by atoms with van der Waals surface area (Å²) in [5.41, 5.74) is 4.33. The van der Waals surface area contributed by atoms with Gasteiger partial charge < -0.3 is 0 Å². The first-order valence-corrected chi connectivity index (χ1v) is 9.92. The van der Waals surface area contributed by atoms with Gasteiger partial charge in [0.2, 0.25) is 0 Å². The zero-order valence-corrected chi connectivity index (χ0v) is 16.0. The van der Waals surface area contributed by atoms with Gasteiger partial charge >= 0.3 is 0 Å². The third-order valence-corrected chi connectivity index (χ3v) is 5.45. The molecule has 4 aromatic rings. The van der Waals surface area contributed by atoms with E-state index in [0.29, 0.717) is 0 Å². The molecular formula is C22H16N2OS2. The molecule has 0 saturated carbocycles. The first kappa shape index (κ1) is 17.8. The van der Waals surface area contributed by atoms with Crippen molar-refractivity contribution >= 4 is 24.1 Å². The van der Waals surface area contributed by atoms with Gasteiger partial charge in [-0.15, -0.1) is 0 Å². The molecule has 0 aliphatic carbocycles. The number of hydrogen-bond acceptors (Lipinski definition) is 5. The minimum absolute atomic E-state index is 0.827. The number of aromatic nitrogens is 2. The van der Waals surface area contributed by atoms with Crippen LogP contribution in [0.2, 0.25) is 0 Å². The summed E-state index contributed by atoms with van der Waals surface area (Å²) in [5.74, 6) is 0. The highest BCUT2D eigenvalue weighted by molar-refractivity contribution is 8.07. The number of rotatable bonds is 6. The summed E-state index contributed by atoms with van der Waals surface area (Å²) in [7, 11) is 0. The van der Waals surface area contributed by atoms with Crippen LogP contribution in [-0.4, -0.2) is 9.97 Å². The maximum atomic E-state index is 5.84. The molecule has 3 nitrogen and oxygen atoms in total. The van der Waals surface area contributed by atoms with Crippen LogP contribution in [0.25, 0.3) is 22.3 Å². The second-order valence-electron chi connectivity index (χ2n) is 5.68. The van der Waals surface area contributed by atoms with Crippen LogP contribution < -0.4 is 0 Å². The van der Waals surface area contributed by atoms with Crippen molar-refractivity contribution in [3.8, 4) is 22.3 Å². The van der Waals surface area contributed by atoms with Crippen LogP contribution in [0.3, 0.4) is 0 Å². The van der Waals surface area contributed by atoms with Gasteiger partial charge in [-0.2, -0.15) is 0 Å². The molecule has 0 saturated heterocycles. The normalized spacial score (nSPS) is 10.7. The Morgan fingerprint density at radius 2 is 0.963 bits per heavy atom. The lowest BCUT2D eigenvalue weighted by molar-refractivity contribution is 0.747. The quantitative estimate of drug-likeness (QED) is 0.350. The van der Waals surface area contributed by atoms with E-state index in [0.717, 1.165) is 32.3 Å². The zero-order valence-electron chi connectivity index (χ0n) is 14.4. The Labute approximate surface area is 167 Å². The van der Waals surface area contributed by atoms with Crippen molar-refractivity contribution in [1.29, 1.82) is 0 Å². The Hall–Kier alpha value is -2.60. The van der Waals surface area contributed by atoms with Gasteiger partial charge in [0.25, 0.3) is 0 Å². The lowest BCUT2D eigenvalue weighted by Crippen LogP contribution is -1.88. The Kier molecular flexibility index (Phi) is 5.84. The molecule has 132 valence electrons. The molecule has 0 bridgehead atoms. The molecule has 5 heteroatoms. The minimum Gasteiger partial charge on any atom is -0.247 e. The van der Waals surface area contributed by atoms with Gasteiger partial charge in [0.15, 0.2) is 0 Å². The van der Waals surface area contributed by atoms with E-state index < -0.39 is 0 Å². The third kappa shape index (κ3) is 4.39. The van der Waals surface area contributed by atoms with E-state index in [1.54, 1.807) is 12.4 Å². The molecule has 0 aliphatic heterocycles. The second-order valence-corrected chi connectivity index (χ2v) is 7.33. The average molecular weight is 389 g/mol. The summed E-state index contributed by atoms with van der Waals surface area (Å²) in [4.78, 5) is 8.94. The zero-order chi connectivity index (χ0) is 18.3. The molecule has 0 radical (unpaired) electrons. The molecule has 0 N–H and O–H groups in total. The molecule has 0 amide bonds. The first-order valence-electron chi connectivity index (χ1n) is 8.44. The van der Waals surface area contributed by atoms with Crippen LogP contribution in [0.1, 0.15) is 0 Å². The van der Waals surface area contributed by atoms with Crippen molar-refractivity contribution in [3.63, 3.8) is 0 Å². The van der Waals surface area contributed by atoms with Gasteiger partial charge in [0, 0.05) is 23.5 Å². The fourth-order valence-electron chi connectivity index (χ4n) is 2.67. The van der Waals surface area contributed by atoms with Crippen molar-refractivity contribution in [2.24, 2.45) is 0 Å². The summed E-state index contributed by atoms with van der Waals surface area (Å²) in [6, 6.07) is 28.3. The molecule has 27 heavy (non-hydrogen) atoms.